The van der Waals surface area contributed by atoms with Crippen LogP contribution in [0.25, 0.3) is 10.2 Å². The van der Waals surface area contributed by atoms with Crippen molar-refractivity contribution < 1.29 is 9.18 Å². The van der Waals surface area contributed by atoms with Gasteiger partial charge in [0.2, 0.25) is 5.91 Å². The van der Waals surface area contributed by atoms with Crippen LogP contribution in [-0.2, 0) is 17.8 Å². The Morgan fingerprint density at radius 3 is 2.88 bits per heavy atom. The number of aromatic nitrogens is 1. The molecule has 2 aromatic carbocycles. The van der Waals surface area contributed by atoms with Crippen molar-refractivity contribution in [2.45, 2.75) is 32.7 Å². The lowest BCUT2D eigenvalue weighted by molar-refractivity contribution is -0.121. The molecule has 0 bridgehead atoms. The lowest BCUT2D eigenvalue weighted by atomic mass is 10.1. The monoisotopic (exact) mass is 342 g/mol. The van der Waals surface area contributed by atoms with E-state index in [1.807, 2.05) is 24.3 Å². The molecule has 0 aliphatic rings. The zero-order chi connectivity index (χ0) is 16.9. The number of amides is 1. The van der Waals surface area contributed by atoms with Gasteiger partial charge in [0.1, 0.15) is 5.82 Å². The molecule has 0 fully saturated rings. The quantitative estimate of drug-likeness (QED) is 0.722. The zero-order valence-electron chi connectivity index (χ0n) is 13.5. The average molecular weight is 342 g/mol. The molecule has 0 atom stereocenters. The van der Waals surface area contributed by atoms with Crippen molar-refractivity contribution in [1.29, 1.82) is 0 Å². The highest BCUT2D eigenvalue weighted by Gasteiger charge is 2.06. The molecule has 0 spiro atoms. The minimum atomic E-state index is -0.238. The number of benzene rings is 2. The third kappa shape index (κ3) is 4.17. The van der Waals surface area contributed by atoms with Crippen LogP contribution in [0.5, 0.6) is 0 Å². The highest BCUT2D eigenvalue weighted by Crippen LogP contribution is 2.22. The summed E-state index contributed by atoms with van der Waals surface area (Å²) in [6.07, 6.45) is 2.00. The zero-order valence-corrected chi connectivity index (χ0v) is 14.3. The molecule has 124 valence electrons. The highest BCUT2D eigenvalue weighted by molar-refractivity contribution is 7.18. The molecule has 0 saturated heterocycles. The first-order chi connectivity index (χ1) is 11.6. The number of nitrogens with one attached hydrogen (secondary N) is 1. The maximum Gasteiger partial charge on any atom is 0.220 e. The number of thiazole rings is 1. The highest BCUT2D eigenvalue weighted by atomic mass is 32.1. The molecular formula is C19H19FN2OS. The number of carbonyl (C=O) groups excluding carboxylic acids is 1. The predicted octanol–water partition coefficient (Wildman–Crippen LogP) is 4.38. The summed E-state index contributed by atoms with van der Waals surface area (Å²) in [6, 6.07) is 13.1. The summed E-state index contributed by atoms with van der Waals surface area (Å²) in [4.78, 5) is 16.5. The van der Waals surface area contributed by atoms with Crippen LogP contribution in [0.3, 0.4) is 0 Å². The first-order valence-electron chi connectivity index (χ1n) is 7.98. The number of halogens is 1. The van der Waals surface area contributed by atoms with Crippen molar-refractivity contribution in [3.63, 3.8) is 0 Å². The molecule has 3 aromatic rings. The Hall–Kier alpha value is -2.27. The second-order valence-electron chi connectivity index (χ2n) is 5.79. The number of hydrogen-bond acceptors (Lipinski definition) is 3. The van der Waals surface area contributed by atoms with E-state index in [-0.39, 0.29) is 11.7 Å². The smallest absolute Gasteiger partial charge is 0.220 e. The van der Waals surface area contributed by atoms with Gasteiger partial charge in [-0.05, 0) is 49.1 Å². The fraction of sp³-hybridized carbons (Fsp3) is 0.263. The van der Waals surface area contributed by atoms with Gasteiger partial charge in [-0.15, -0.1) is 11.3 Å². The second kappa shape index (κ2) is 7.53. The topological polar surface area (TPSA) is 42.0 Å². The van der Waals surface area contributed by atoms with E-state index in [1.165, 1.54) is 10.8 Å². The Morgan fingerprint density at radius 2 is 2.08 bits per heavy atom. The van der Waals surface area contributed by atoms with E-state index in [4.69, 9.17) is 0 Å². The van der Waals surface area contributed by atoms with Gasteiger partial charge in [0, 0.05) is 13.0 Å². The van der Waals surface area contributed by atoms with Crippen molar-refractivity contribution in [2.75, 3.05) is 0 Å². The summed E-state index contributed by atoms with van der Waals surface area (Å²) in [5, 5.41) is 3.90. The van der Waals surface area contributed by atoms with Crippen molar-refractivity contribution in [2.24, 2.45) is 0 Å². The van der Waals surface area contributed by atoms with Gasteiger partial charge in [0.05, 0.1) is 15.2 Å². The minimum Gasteiger partial charge on any atom is -0.352 e. The van der Waals surface area contributed by atoms with E-state index in [9.17, 15) is 9.18 Å². The van der Waals surface area contributed by atoms with E-state index in [2.05, 4.69) is 16.4 Å². The summed E-state index contributed by atoms with van der Waals surface area (Å²) in [5.74, 6) is -0.255. The molecule has 1 heterocycles. The van der Waals surface area contributed by atoms with Gasteiger partial charge >= 0.3 is 0 Å². The Kier molecular flexibility index (Phi) is 5.20. The predicted molar refractivity (Wildman–Crippen MR) is 95.5 cm³/mol. The van der Waals surface area contributed by atoms with Gasteiger partial charge in [-0.25, -0.2) is 9.37 Å². The van der Waals surface area contributed by atoms with Gasteiger partial charge in [-0.2, -0.15) is 0 Å². The largest absolute Gasteiger partial charge is 0.352 e. The number of carbonyl (C=O) groups is 1. The van der Waals surface area contributed by atoms with Crippen LogP contribution in [0.15, 0.2) is 42.5 Å². The molecule has 1 N–H and O–H groups in total. The van der Waals surface area contributed by atoms with Crippen molar-refractivity contribution in [3.8, 4) is 0 Å². The molecular weight excluding hydrogens is 323 g/mol. The van der Waals surface area contributed by atoms with Crippen LogP contribution >= 0.6 is 11.3 Å². The van der Waals surface area contributed by atoms with Crippen LogP contribution < -0.4 is 5.32 Å². The van der Waals surface area contributed by atoms with Gasteiger partial charge in [-0.1, -0.05) is 24.3 Å². The molecule has 0 unspecified atom stereocenters. The summed E-state index contributed by atoms with van der Waals surface area (Å²) in [7, 11) is 0. The minimum absolute atomic E-state index is 0.0166. The summed E-state index contributed by atoms with van der Waals surface area (Å²) in [5.41, 5.74) is 2.40. The number of hydrogen-bond donors (Lipinski definition) is 1. The van der Waals surface area contributed by atoms with E-state index in [0.717, 1.165) is 28.9 Å². The fourth-order valence-electron chi connectivity index (χ4n) is 2.46. The van der Waals surface area contributed by atoms with Gasteiger partial charge < -0.3 is 5.32 Å². The number of fused-ring (bicyclic) bond motifs is 1. The first kappa shape index (κ1) is 16.6. The average Bonchev–Trinajstić information content (AvgIpc) is 2.98. The molecule has 24 heavy (non-hydrogen) atoms. The number of nitrogens with zero attached hydrogens (tertiary/aromatic N) is 1. The molecule has 5 heteroatoms. The molecule has 0 radical (unpaired) electrons. The van der Waals surface area contributed by atoms with Gasteiger partial charge in [0.25, 0.3) is 0 Å². The summed E-state index contributed by atoms with van der Waals surface area (Å²) < 4.78 is 14.6. The molecule has 1 amide bonds. The second-order valence-corrected chi connectivity index (χ2v) is 6.90. The molecule has 1 aromatic heterocycles. The normalized spacial score (nSPS) is 10.9. The Bertz CT molecular complexity index is 826. The van der Waals surface area contributed by atoms with Crippen molar-refractivity contribution in [3.05, 3.63) is 64.4 Å². The van der Waals surface area contributed by atoms with E-state index in [0.29, 0.717) is 18.5 Å². The van der Waals surface area contributed by atoms with Crippen LogP contribution in [0.4, 0.5) is 4.39 Å². The maximum atomic E-state index is 13.5. The molecule has 3 nitrogen and oxygen atoms in total. The number of rotatable bonds is 6. The lowest BCUT2D eigenvalue weighted by Crippen LogP contribution is -2.22. The van der Waals surface area contributed by atoms with Crippen molar-refractivity contribution >= 4 is 27.5 Å². The third-order valence-electron chi connectivity index (χ3n) is 3.86. The fourth-order valence-corrected chi connectivity index (χ4v) is 3.47. The Labute approximate surface area is 144 Å². The molecule has 0 aliphatic carbocycles. The van der Waals surface area contributed by atoms with Crippen LogP contribution in [0.1, 0.15) is 29.0 Å². The Balaban J connectivity index is 1.44. The standard InChI is InChI=1S/C19H19FN2OS/c1-13-9-10-14(11-15(13)20)12-21-18(23)7-4-8-19-22-16-5-2-3-6-17(16)24-19/h2-3,5-6,9-11H,4,7-8,12H2,1H3,(H,21,23). The number of para-hydroxylation sites is 1. The van der Waals surface area contributed by atoms with E-state index < -0.39 is 0 Å². The van der Waals surface area contributed by atoms with E-state index in [1.54, 1.807) is 24.3 Å². The summed E-state index contributed by atoms with van der Waals surface area (Å²) >= 11 is 1.68. The Morgan fingerprint density at radius 1 is 1.25 bits per heavy atom. The van der Waals surface area contributed by atoms with Crippen LogP contribution in [0, 0.1) is 12.7 Å². The molecule has 0 aliphatic heterocycles. The van der Waals surface area contributed by atoms with Crippen LogP contribution in [0.2, 0.25) is 0 Å². The first-order valence-corrected chi connectivity index (χ1v) is 8.79. The van der Waals surface area contributed by atoms with E-state index >= 15 is 0 Å². The van der Waals surface area contributed by atoms with Gasteiger partial charge in [-0.3, -0.25) is 4.79 Å². The molecule has 0 saturated carbocycles. The van der Waals surface area contributed by atoms with Gasteiger partial charge in [0.15, 0.2) is 0 Å². The van der Waals surface area contributed by atoms with Crippen LogP contribution in [-0.4, -0.2) is 10.9 Å². The summed E-state index contributed by atoms with van der Waals surface area (Å²) in [6.45, 7) is 2.08. The third-order valence-corrected chi connectivity index (χ3v) is 4.95. The number of aryl methyl sites for hydroxylation is 2. The maximum absolute atomic E-state index is 13.5. The SMILES string of the molecule is Cc1ccc(CNC(=O)CCCc2nc3ccccc3s2)cc1F. The lowest BCUT2D eigenvalue weighted by Gasteiger charge is -2.06. The molecule has 3 rings (SSSR count). The van der Waals surface area contributed by atoms with Crippen molar-refractivity contribution in [1.82, 2.24) is 10.3 Å².